The van der Waals surface area contributed by atoms with E-state index < -0.39 is 0 Å². The van der Waals surface area contributed by atoms with Crippen molar-refractivity contribution in [1.29, 1.82) is 0 Å². The number of nitrogens with zero attached hydrogens (tertiary/aromatic N) is 5. The van der Waals surface area contributed by atoms with Gasteiger partial charge in [0, 0.05) is 26.2 Å². The Hall–Kier alpha value is -1.79. The fourth-order valence-corrected chi connectivity index (χ4v) is 4.81. The molecule has 0 aliphatic carbocycles. The summed E-state index contributed by atoms with van der Waals surface area (Å²) >= 11 is 0. The van der Waals surface area contributed by atoms with E-state index in [9.17, 15) is 0 Å². The third-order valence-corrected chi connectivity index (χ3v) is 6.28. The predicted octanol–water partition coefficient (Wildman–Crippen LogP) is 3.35. The fraction of sp³-hybridized carbons (Fsp3) is 0.682. The first-order valence-electron chi connectivity index (χ1n) is 10.6. The number of aromatic nitrogens is 4. The van der Waals surface area contributed by atoms with Gasteiger partial charge in [0.15, 0.2) is 0 Å². The largest absolute Gasteiger partial charge is 0.304 e. The van der Waals surface area contributed by atoms with Gasteiger partial charge in [-0.3, -0.25) is 4.68 Å². The molecule has 0 spiro atoms. The zero-order chi connectivity index (χ0) is 19.9. The third-order valence-electron chi connectivity index (χ3n) is 6.28. The molecule has 3 unspecified atom stereocenters. The van der Waals surface area contributed by atoms with Crippen molar-refractivity contribution < 1.29 is 0 Å². The molecule has 0 bridgehead atoms. The highest BCUT2D eigenvalue weighted by molar-refractivity contribution is 5.57. The SMILES string of the molecule is Cc1cnn(C)c1-c1ccc(C2CC3CN(CCCC(C)(C)C)CC3N2)nn1. The summed E-state index contributed by atoms with van der Waals surface area (Å²) in [5, 5.41) is 17.2. The van der Waals surface area contributed by atoms with Crippen LogP contribution in [0.2, 0.25) is 0 Å². The number of rotatable bonds is 5. The molecule has 0 aromatic carbocycles. The van der Waals surface area contributed by atoms with Crippen molar-refractivity contribution in [2.45, 2.75) is 59.0 Å². The van der Waals surface area contributed by atoms with E-state index in [1.54, 1.807) is 0 Å². The fourth-order valence-electron chi connectivity index (χ4n) is 4.81. The molecule has 6 nitrogen and oxygen atoms in total. The summed E-state index contributed by atoms with van der Waals surface area (Å²) in [5.41, 5.74) is 4.57. The van der Waals surface area contributed by atoms with E-state index in [-0.39, 0.29) is 0 Å². The number of nitrogens with one attached hydrogen (secondary N) is 1. The number of aryl methyl sites for hydroxylation is 2. The molecule has 152 valence electrons. The van der Waals surface area contributed by atoms with Gasteiger partial charge in [-0.15, -0.1) is 5.10 Å². The Balaban J connectivity index is 1.33. The van der Waals surface area contributed by atoms with Crippen molar-refractivity contribution in [2.75, 3.05) is 19.6 Å². The Morgan fingerprint density at radius 1 is 1.18 bits per heavy atom. The van der Waals surface area contributed by atoms with Crippen molar-refractivity contribution in [3.63, 3.8) is 0 Å². The van der Waals surface area contributed by atoms with Crippen LogP contribution in [0, 0.1) is 18.3 Å². The second-order valence-corrected chi connectivity index (χ2v) is 9.89. The Morgan fingerprint density at radius 2 is 2.00 bits per heavy atom. The molecule has 4 rings (SSSR count). The minimum atomic E-state index is 0.334. The second kappa shape index (κ2) is 7.56. The Bertz CT molecular complexity index is 770. The van der Waals surface area contributed by atoms with Crippen molar-refractivity contribution in [1.82, 2.24) is 30.2 Å². The maximum atomic E-state index is 4.55. The predicted molar refractivity (Wildman–Crippen MR) is 112 cm³/mol. The van der Waals surface area contributed by atoms with E-state index in [4.69, 9.17) is 0 Å². The normalized spacial score (nSPS) is 25.4. The van der Waals surface area contributed by atoms with Gasteiger partial charge in [-0.1, -0.05) is 20.8 Å². The van der Waals surface area contributed by atoms with Crippen LogP contribution in [0.4, 0.5) is 0 Å². The first kappa shape index (κ1) is 19.5. The summed E-state index contributed by atoms with van der Waals surface area (Å²) in [6.07, 6.45) is 5.64. The zero-order valence-electron chi connectivity index (χ0n) is 17.9. The minimum Gasteiger partial charge on any atom is -0.304 e. The maximum Gasteiger partial charge on any atom is 0.111 e. The van der Waals surface area contributed by atoms with Crippen LogP contribution in [0.3, 0.4) is 0 Å². The van der Waals surface area contributed by atoms with E-state index >= 15 is 0 Å². The molecular formula is C22H34N6. The lowest BCUT2D eigenvalue weighted by atomic mass is 9.90. The number of likely N-dealkylation sites (tertiary alicyclic amines) is 1. The molecule has 2 aliphatic rings. The van der Waals surface area contributed by atoms with Crippen molar-refractivity contribution >= 4 is 0 Å². The van der Waals surface area contributed by atoms with Crippen molar-refractivity contribution in [3.8, 4) is 11.4 Å². The zero-order valence-corrected chi connectivity index (χ0v) is 17.9. The van der Waals surface area contributed by atoms with E-state index in [0.29, 0.717) is 17.5 Å². The quantitative estimate of drug-likeness (QED) is 0.859. The van der Waals surface area contributed by atoms with Crippen LogP contribution >= 0.6 is 0 Å². The molecule has 0 saturated carbocycles. The highest BCUT2D eigenvalue weighted by atomic mass is 15.3. The summed E-state index contributed by atoms with van der Waals surface area (Å²) in [7, 11) is 1.95. The smallest absolute Gasteiger partial charge is 0.111 e. The molecule has 28 heavy (non-hydrogen) atoms. The maximum absolute atomic E-state index is 4.55. The summed E-state index contributed by atoms with van der Waals surface area (Å²) in [6, 6.07) is 5.15. The molecule has 2 saturated heterocycles. The van der Waals surface area contributed by atoms with Gasteiger partial charge in [-0.05, 0) is 61.8 Å². The van der Waals surface area contributed by atoms with Crippen molar-refractivity contribution in [2.24, 2.45) is 18.4 Å². The van der Waals surface area contributed by atoms with Gasteiger partial charge in [0.25, 0.3) is 0 Å². The van der Waals surface area contributed by atoms with Gasteiger partial charge in [0.1, 0.15) is 5.69 Å². The van der Waals surface area contributed by atoms with E-state index in [2.05, 4.69) is 65.3 Å². The van der Waals surface area contributed by atoms with Crippen LogP contribution in [-0.2, 0) is 7.05 Å². The van der Waals surface area contributed by atoms with Crippen molar-refractivity contribution in [3.05, 3.63) is 29.6 Å². The number of fused-ring (bicyclic) bond motifs is 1. The highest BCUT2D eigenvalue weighted by Crippen LogP contribution is 2.35. The third kappa shape index (κ3) is 4.13. The average Bonchev–Trinajstić information content (AvgIpc) is 3.27. The second-order valence-electron chi connectivity index (χ2n) is 9.89. The Morgan fingerprint density at radius 3 is 2.61 bits per heavy atom. The Kier molecular flexibility index (Phi) is 5.27. The molecule has 0 radical (unpaired) electrons. The first-order chi connectivity index (χ1) is 13.3. The van der Waals surface area contributed by atoms with Gasteiger partial charge in [0.05, 0.1) is 23.6 Å². The van der Waals surface area contributed by atoms with Gasteiger partial charge in [0.2, 0.25) is 0 Å². The summed E-state index contributed by atoms with van der Waals surface area (Å²) in [6.45, 7) is 12.7. The standard InChI is InChI=1S/C22H34N6/c1-15-12-23-27(5)21(15)18-8-7-17(25-26-18)19-11-16-13-28(14-20(16)24-19)10-6-9-22(2,3)4/h7-8,12,16,19-20,24H,6,9-11,13-14H2,1-5H3. The van der Waals surface area contributed by atoms with Crippen LogP contribution < -0.4 is 5.32 Å². The van der Waals surface area contributed by atoms with Gasteiger partial charge in [-0.25, -0.2) is 0 Å². The van der Waals surface area contributed by atoms with Crippen LogP contribution in [0.1, 0.15) is 57.3 Å². The van der Waals surface area contributed by atoms with Crippen LogP contribution in [-0.4, -0.2) is 50.6 Å². The number of hydrogen-bond acceptors (Lipinski definition) is 5. The molecule has 6 heteroatoms. The lowest BCUT2D eigenvalue weighted by Gasteiger charge is -2.22. The summed E-state index contributed by atoms with van der Waals surface area (Å²) in [4.78, 5) is 2.64. The summed E-state index contributed by atoms with van der Waals surface area (Å²) < 4.78 is 1.87. The van der Waals surface area contributed by atoms with Gasteiger partial charge >= 0.3 is 0 Å². The van der Waals surface area contributed by atoms with E-state index in [0.717, 1.165) is 28.6 Å². The molecule has 2 fully saturated rings. The summed E-state index contributed by atoms with van der Waals surface area (Å²) in [5.74, 6) is 0.737. The van der Waals surface area contributed by atoms with Gasteiger partial charge < -0.3 is 10.2 Å². The average molecular weight is 383 g/mol. The molecule has 4 heterocycles. The lowest BCUT2D eigenvalue weighted by molar-refractivity contribution is 0.271. The van der Waals surface area contributed by atoms with Gasteiger partial charge in [-0.2, -0.15) is 10.2 Å². The highest BCUT2D eigenvalue weighted by Gasteiger charge is 2.41. The van der Waals surface area contributed by atoms with E-state index in [1.165, 1.54) is 38.9 Å². The Labute approximate surface area is 168 Å². The molecule has 1 N–H and O–H groups in total. The van der Waals surface area contributed by atoms with Crippen LogP contribution in [0.25, 0.3) is 11.4 Å². The minimum absolute atomic E-state index is 0.334. The number of hydrogen-bond donors (Lipinski definition) is 1. The molecule has 3 atom stereocenters. The first-order valence-corrected chi connectivity index (χ1v) is 10.6. The molecule has 2 aliphatic heterocycles. The molecule has 2 aromatic heterocycles. The molecule has 2 aromatic rings. The van der Waals surface area contributed by atoms with Crippen LogP contribution in [0.5, 0.6) is 0 Å². The van der Waals surface area contributed by atoms with E-state index in [1.807, 2.05) is 17.9 Å². The molecular weight excluding hydrogens is 348 g/mol. The van der Waals surface area contributed by atoms with Crippen LogP contribution in [0.15, 0.2) is 18.3 Å². The topological polar surface area (TPSA) is 58.9 Å². The lowest BCUT2D eigenvalue weighted by Crippen LogP contribution is -2.32. The monoisotopic (exact) mass is 382 g/mol. The molecule has 0 amide bonds.